The summed E-state index contributed by atoms with van der Waals surface area (Å²) in [6, 6.07) is 9.87. The zero-order valence-electron chi connectivity index (χ0n) is 10.2. The summed E-state index contributed by atoms with van der Waals surface area (Å²) in [6.07, 6.45) is 0. The molecule has 0 radical (unpaired) electrons. The van der Waals surface area contributed by atoms with Crippen molar-refractivity contribution >= 4 is 11.8 Å². The maximum absolute atomic E-state index is 11.3. The zero-order valence-corrected chi connectivity index (χ0v) is 10.2. The van der Waals surface area contributed by atoms with Crippen LogP contribution in [-0.4, -0.2) is 24.9 Å². The van der Waals surface area contributed by atoms with E-state index >= 15 is 0 Å². The van der Waals surface area contributed by atoms with Crippen molar-refractivity contribution in [1.82, 2.24) is 10.6 Å². The number of carbonyl (C=O) groups is 2. The number of hydrogen-bond donors (Lipinski definition) is 2. The summed E-state index contributed by atoms with van der Waals surface area (Å²) in [5.41, 5.74) is 1.14. The second-order valence-corrected chi connectivity index (χ2v) is 3.88. The van der Waals surface area contributed by atoms with E-state index in [1.165, 1.54) is 0 Å². The largest absolute Gasteiger partial charge is 0.348 e. The van der Waals surface area contributed by atoms with Gasteiger partial charge in [-0.2, -0.15) is 0 Å². The lowest BCUT2D eigenvalue weighted by molar-refractivity contribution is -0.139. The molecule has 0 saturated heterocycles. The van der Waals surface area contributed by atoms with Crippen molar-refractivity contribution in [1.29, 1.82) is 0 Å². The molecule has 1 atom stereocenters. The van der Waals surface area contributed by atoms with Gasteiger partial charge in [-0.25, -0.2) is 0 Å². The van der Waals surface area contributed by atoms with Crippen LogP contribution in [0.25, 0.3) is 0 Å². The van der Waals surface area contributed by atoms with E-state index in [-0.39, 0.29) is 5.92 Å². The van der Waals surface area contributed by atoms with Gasteiger partial charge in [-0.05, 0) is 18.4 Å². The molecule has 2 amide bonds. The van der Waals surface area contributed by atoms with Crippen molar-refractivity contribution in [2.75, 3.05) is 13.1 Å². The third-order valence-corrected chi connectivity index (χ3v) is 2.48. The summed E-state index contributed by atoms with van der Waals surface area (Å²) in [7, 11) is 0. The van der Waals surface area contributed by atoms with Gasteiger partial charge in [0.2, 0.25) is 0 Å². The maximum atomic E-state index is 11.3. The third kappa shape index (κ3) is 4.26. The second kappa shape index (κ2) is 6.68. The Balaban J connectivity index is 2.41. The normalized spacial score (nSPS) is 11.6. The smallest absolute Gasteiger partial charge is 0.309 e. The molecule has 0 fully saturated rings. The molecule has 0 bridgehead atoms. The summed E-state index contributed by atoms with van der Waals surface area (Å²) in [4.78, 5) is 22.5. The average molecular weight is 234 g/mol. The van der Waals surface area contributed by atoms with Crippen molar-refractivity contribution in [3.8, 4) is 0 Å². The highest BCUT2D eigenvalue weighted by molar-refractivity contribution is 6.35. The fourth-order valence-electron chi connectivity index (χ4n) is 1.47. The first kappa shape index (κ1) is 13.2. The van der Waals surface area contributed by atoms with Gasteiger partial charge in [0.1, 0.15) is 0 Å². The van der Waals surface area contributed by atoms with Crippen LogP contribution in [0.4, 0.5) is 0 Å². The Morgan fingerprint density at radius 2 is 1.71 bits per heavy atom. The van der Waals surface area contributed by atoms with Gasteiger partial charge in [0.25, 0.3) is 0 Å². The predicted molar refractivity (Wildman–Crippen MR) is 66.6 cm³/mol. The molecule has 0 aliphatic rings. The van der Waals surface area contributed by atoms with Crippen LogP contribution in [0.2, 0.25) is 0 Å². The lowest BCUT2D eigenvalue weighted by Gasteiger charge is -2.12. The SMILES string of the molecule is CCNC(=O)C(=O)NC[C@@H](C)c1ccccc1. The van der Waals surface area contributed by atoms with E-state index in [2.05, 4.69) is 10.6 Å². The maximum Gasteiger partial charge on any atom is 0.309 e. The van der Waals surface area contributed by atoms with Crippen LogP contribution < -0.4 is 10.6 Å². The van der Waals surface area contributed by atoms with Crippen molar-refractivity contribution < 1.29 is 9.59 Å². The minimum atomic E-state index is -0.576. The van der Waals surface area contributed by atoms with Crippen LogP contribution in [-0.2, 0) is 9.59 Å². The van der Waals surface area contributed by atoms with Gasteiger partial charge in [-0.15, -0.1) is 0 Å². The first-order valence-electron chi connectivity index (χ1n) is 5.76. The number of amides is 2. The highest BCUT2D eigenvalue weighted by atomic mass is 16.2. The first-order chi connectivity index (χ1) is 8.15. The number of hydrogen-bond acceptors (Lipinski definition) is 2. The molecule has 0 aromatic heterocycles. The van der Waals surface area contributed by atoms with E-state index < -0.39 is 11.8 Å². The van der Waals surface area contributed by atoms with Gasteiger partial charge in [0.15, 0.2) is 0 Å². The Kier molecular flexibility index (Phi) is 5.20. The van der Waals surface area contributed by atoms with Gasteiger partial charge >= 0.3 is 11.8 Å². The summed E-state index contributed by atoms with van der Waals surface area (Å²) < 4.78 is 0. The Bertz CT molecular complexity index is 376. The molecular weight excluding hydrogens is 216 g/mol. The monoisotopic (exact) mass is 234 g/mol. The highest BCUT2D eigenvalue weighted by Crippen LogP contribution is 2.12. The molecule has 4 heteroatoms. The van der Waals surface area contributed by atoms with E-state index in [1.807, 2.05) is 37.3 Å². The Hall–Kier alpha value is -1.84. The summed E-state index contributed by atoms with van der Waals surface area (Å²) >= 11 is 0. The molecule has 1 aromatic rings. The van der Waals surface area contributed by atoms with E-state index in [0.717, 1.165) is 5.56 Å². The molecule has 0 heterocycles. The number of benzene rings is 1. The number of carbonyl (C=O) groups excluding carboxylic acids is 2. The van der Waals surface area contributed by atoms with Gasteiger partial charge < -0.3 is 10.6 Å². The molecule has 17 heavy (non-hydrogen) atoms. The summed E-state index contributed by atoms with van der Waals surface area (Å²) in [6.45, 7) is 4.70. The number of rotatable bonds is 4. The summed E-state index contributed by atoms with van der Waals surface area (Å²) in [5, 5.41) is 5.07. The zero-order chi connectivity index (χ0) is 12.7. The molecule has 0 spiro atoms. The van der Waals surface area contributed by atoms with Crippen molar-refractivity contribution in [3.63, 3.8) is 0 Å². The van der Waals surface area contributed by atoms with Crippen LogP contribution >= 0.6 is 0 Å². The minimum absolute atomic E-state index is 0.189. The van der Waals surface area contributed by atoms with Crippen LogP contribution in [0.5, 0.6) is 0 Å². The van der Waals surface area contributed by atoms with E-state index in [1.54, 1.807) is 6.92 Å². The molecule has 4 nitrogen and oxygen atoms in total. The molecule has 2 N–H and O–H groups in total. The Morgan fingerprint density at radius 3 is 2.29 bits per heavy atom. The molecule has 0 aliphatic carbocycles. The van der Waals surface area contributed by atoms with Crippen molar-refractivity contribution in [3.05, 3.63) is 35.9 Å². The minimum Gasteiger partial charge on any atom is -0.348 e. The fourth-order valence-corrected chi connectivity index (χ4v) is 1.47. The lowest BCUT2D eigenvalue weighted by Crippen LogP contribution is -2.41. The predicted octanol–water partition coefficient (Wildman–Crippen LogP) is 1.04. The highest BCUT2D eigenvalue weighted by Gasteiger charge is 2.13. The van der Waals surface area contributed by atoms with Crippen LogP contribution in [0.3, 0.4) is 0 Å². The van der Waals surface area contributed by atoms with Crippen LogP contribution in [0.1, 0.15) is 25.3 Å². The quantitative estimate of drug-likeness (QED) is 0.765. The standard InChI is InChI=1S/C13H18N2O2/c1-3-14-12(16)13(17)15-9-10(2)11-7-5-4-6-8-11/h4-8,10H,3,9H2,1-2H3,(H,14,16)(H,15,17)/t10-/m1/s1. The van der Waals surface area contributed by atoms with Crippen LogP contribution in [0, 0.1) is 0 Å². The molecule has 92 valence electrons. The van der Waals surface area contributed by atoms with Crippen LogP contribution in [0.15, 0.2) is 30.3 Å². The number of likely N-dealkylation sites (N-methyl/N-ethyl adjacent to an activating group) is 1. The average Bonchev–Trinajstić information content (AvgIpc) is 2.36. The van der Waals surface area contributed by atoms with E-state index in [0.29, 0.717) is 13.1 Å². The fraction of sp³-hybridized carbons (Fsp3) is 0.385. The first-order valence-corrected chi connectivity index (χ1v) is 5.76. The Labute approximate surface area is 101 Å². The molecule has 0 aliphatic heterocycles. The molecule has 1 rings (SSSR count). The van der Waals surface area contributed by atoms with Gasteiger partial charge in [-0.1, -0.05) is 37.3 Å². The molecule has 0 saturated carbocycles. The van der Waals surface area contributed by atoms with E-state index in [9.17, 15) is 9.59 Å². The van der Waals surface area contributed by atoms with Gasteiger partial charge in [0.05, 0.1) is 0 Å². The third-order valence-electron chi connectivity index (χ3n) is 2.48. The number of nitrogens with one attached hydrogen (secondary N) is 2. The van der Waals surface area contributed by atoms with Crippen molar-refractivity contribution in [2.45, 2.75) is 19.8 Å². The molecule has 1 aromatic carbocycles. The topological polar surface area (TPSA) is 58.2 Å². The van der Waals surface area contributed by atoms with Gasteiger partial charge in [-0.3, -0.25) is 9.59 Å². The Morgan fingerprint density at radius 1 is 1.12 bits per heavy atom. The second-order valence-electron chi connectivity index (χ2n) is 3.88. The van der Waals surface area contributed by atoms with E-state index in [4.69, 9.17) is 0 Å². The molecule has 0 unspecified atom stereocenters. The molecular formula is C13H18N2O2. The van der Waals surface area contributed by atoms with Gasteiger partial charge in [0, 0.05) is 13.1 Å². The summed E-state index contributed by atoms with van der Waals surface area (Å²) in [5.74, 6) is -0.961. The van der Waals surface area contributed by atoms with Crippen molar-refractivity contribution in [2.24, 2.45) is 0 Å². The lowest BCUT2D eigenvalue weighted by atomic mass is 10.0.